The average molecular weight is 783 g/mol. The van der Waals surface area contributed by atoms with Crippen molar-refractivity contribution in [3.63, 3.8) is 0 Å². The van der Waals surface area contributed by atoms with Gasteiger partial charge in [-0.3, -0.25) is 4.79 Å². The van der Waals surface area contributed by atoms with Gasteiger partial charge in [-0.05, 0) is 140 Å². The van der Waals surface area contributed by atoms with Crippen LogP contribution in [-0.4, -0.2) is 64.9 Å². The van der Waals surface area contributed by atoms with E-state index in [4.69, 9.17) is 16.3 Å². The lowest BCUT2D eigenvalue weighted by atomic mass is 9.68. The fourth-order valence-electron chi connectivity index (χ4n) is 9.14. The summed E-state index contributed by atoms with van der Waals surface area (Å²) in [5, 5.41) is 31.9. The van der Waals surface area contributed by atoms with E-state index in [1.807, 2.05) is 34.0 Å². The standard InChI is InChI=1S/C42H50N6O5S2/c43-33-23-28(24-45-18-15-27-9-11-34(49)38-31(27)10-12-37(50)46-38)30-5-1-6-32(30)39(33)48(44)20-4-19-47-25-41(26-47)16-13-29(14-17-41)53-40(51)42(52,35-7-2-21-54-35)36-8-3-22-55-36/h2-3,7-12,21-23,29,45,49,52H,1,4-6,13-20,24-26,43-44H2,(H,46,50). The van der Waals surface area contributed by atoms with Gasteiger partial charge in [-0.15, -0.1) is 22.7 Å². The highest BCUT2D eigenvalue weighted by Gasteiger charge is 2.48. The molecule has 2 fully saturated rings. The SMILES string of the molecule is Nc1cc(CNCCc2ccc(O)c3[nH]c(=O)ccc23)c2c(c1N(N)CCCN1CC3(CCC(OC(=O)C(O)(c4cccs4)c4cccs4)CC3)C1)CCC2. The molecule has 2 aliphatic carbocycles. The number of thiophene rings is 2. The zero-order valence-electron chi connectivity index (χ0n) is 31.0. The molecule has 290 valence electrons. The van der Waals surface area contributed by atoms with Crippen LogP contribution in [0.1, 0.15) is 70.5 Å². The van der Waals surface area contributed by atoms with Crippen molar-refractivity contribution in [2.24, 2.45) is 11.3 Å². The maximum Gasteiger partial charge on any atom is 0.349 e. The van der Waals surface area contributed by atoms with Gasteiger partial charge in [-0.2, -0.15) is 0 Å². The third-order valence-electron chi connectivity index (χ3n) is 11.9. The number of fused-ring (bicyclic) bond motifs is 2. The number of rotatable bonds is 14. The number of phenols is 1. The number of aliphatic hydroxyl groups is 1. The third kappa shape index (κ3) is 7.53. The van der Waals surface area contributed by atoms with Crippen molar-refractivity contribution in [2.45, 2.75) is 76.0 Å². The summed E-state index contributed by atoms with van der Waals surface area (Å²) in [6.07, 6.45) is 8.25. The number of esters is 1. The van der Waals surface area contributed by atoms with E-state index >= 15 is 0 Å². The van der Waals surface area contributed by atoms with Crippen molar-refractivity contribution in [3.05, 3.63) is 108 Å². The summed E-state index contributed by atoms with van der Waals surface area (Å²) in [6.45, 7) is 5.23. The molecule has 8 N–H and O–H groups in total. The van der Waals surface area contributed by atoms with Crippen LogP contribution >= 0.6 is 22.7 Å². The zero-order chi connectivity index (χ0) is 38.2. The van der Waals surface area contributed by atoms with Crippen LogP contribution in [0, 0.1) is 5.41 Å². The summed E-state index contributed by atoms with van der Waals surface area (Å²) in [7, 11) is 0. The van der Waals surface area contributed by atoms with Gasteiger partial charge >= 0.3 is 5.97 Å². The second-order valence-corrected chi connectivity index (χ2v) is 17.5. The lowest BCUT2D eigenvalue weighted by molar-refractivity contribution is -0.171. The Bertz CT molecular complexity index is 2150. The second-order valence-electron chi connectivity index (χ2n) is 15.6. The number of carbonyl (C=O) groups is 1. The maximum absolute atomic E-state index is 13.4. The predicted octanol–water partition coefficient (Wildman–Crippen LogP) is 5.55. The number of likely N-dealkylation sites (tertiary alicyclic amines) is 1. The Morgan fingerprint density at radius 3 is 2.47 bits per heavy atom. The molecule has 2 aromatic carbocycles. The Morgan fingerprint density at radius 1 is 1.04 bits per heavy atom. The van der Waals surface area contributed by atoms with Crippen molar-refractivity contribution in [1.82, 2.24) is 15.2 Å². The van der Waals surface area contributed by atoms with Crippen LogP contribution in [0.5, 0.6) is 5.75 Å². The van der Waals surface area contributed by atoms with E-state index in [9.17, 15) is 19.8 Å². The number of hydrazine groups is 1. The van der Waals surface area contributed by atoms with Gasteiger partial charge in [-0.1, -0.05) is 18.2 Å². The van der Waals surface area contributed by atoms with Crippen molar-refractivity contribution in [2.75, 3.05) is 43.5 Å². The van der Waals surface area contributed by atoms with Crippen LogP contribution in [0.15, 0.2) is 70.2 Å². The van der Waals surface area contributed by atoms with E-state index in [0.717, 1.165) is 113 Å². The highest BCUT2D eigenvalue weighted by molar-refractivity contribution is 7.12. The Kier molecular flexibility index (Phi) is 10.8. The minimum atomic E-state index is -1.76. The van der Waals surface area contributed by atoms with Crippen molar-refractivity contribution >= 4 is 50.9 Å². The lowest BCUT2D eigenvalue weighted by Crippen LogP contribution is -2.58. The summed E-state index contributed by atoms with van der Waals surface area (Å²) in [4.78, 5) is 31.6. The number of ether oxygens (including phenoxy) is 1. The Labute approximate surface area is 328 Å². The second kappa shape index (κ2) is 15.7. The molecular weight excluding hydrogens is 733 g/mol. The molecule has 1 saturated carbocycles. The highest BCUT2D eigenvalue weighted by Crippen LogP contribution is 2.46. The molecule has 13 heteroatoms. The lowest BCUT2D eigenvalue weighted by Gasteiger charge is -2.53. The van der Waals surface area contributed by atoms with E-state index in [0.29, 0.717) is 21.8 Å². The average Bonchev–Trinajstić information content (AvgIpc) is 3.98. The van der Waals surface area contributed by atoms with Gasteiger partial charge in [0.15, 0.2) is 0 Å². The van der Waals surface area contributed by atoms with Gasteiger partial charge in [0.2, 0.25) is 11.2 Å². The number of nitrogen functional groups attached to an aromatic ring is 1. The molecular formula is C42H50N6O5S2. The molecule has 0 radical (unpaired) electrons. The zero-order valence-corrected chi connectivity index (χ0v) is 32.7. The molecule has 0 atom stereocenters. The molecule has 4 heterocycles. The van der Waals surface area contributed by atoms with Crippen LogP contribution in [0.4, 0.5) is 11.4 Å². The first-order valence-corrected chi connectivity index (χ1v) is 21.1. The number of anilines is 2. The molecule has 3 aromatic heterocycles. The van der Waals surface area contributed by atoms with Gasteiger partial charge in [-0.25, -0.2) is 10.6 Å². The van der Waals surface area contributed by atoms with Crippen LogP contribution in [-0.2, 0) is 40.9 Å². The van der Waals surface area contributed by atoms with E-state index < -0.39 is 11.6 Å². The van der Waals surface area contributed by atoms with Crippen molar-refractivity contribution in [3.8, 4) is 5.75 Å². The molecule has 1 saturated heterocycles. The Balaban J connectivity index is 0.793. The number of H-pyrrole nitrogens is 1. The van der Waals surface area contributed by atoms with Gasteiger partial charge in [0.05, 0.1) is 26.6 Å². The maximum atomic E-state index is 13.4. The molecule has 5 aromatic rings. The predicted molar refractivity (Wildman–Crippen MR) is 220 cm³/mol. The van der Waals surface area contributed by atoms with E-state index in [-0.39, 0.29) is 22.8 Å². The van der Waals surface area contributed by atoms with Crippen LogP contribution < -0.4 is 27.5 Å². The number of nitrogens with zero attached hydrogens (tertiary/aromatic N) is 2. The van der Waals surface area contributed by atoms with Gasteiger partial charge in [0.1, 0.15) is 11.9 Å². The largest absolute Gasteiger partial charge is 0.506 e. The summed E-state index contributed by atoms with van der Waals surface area (Å²) < 4.78 is 6.00. The molecule has 0 bridgehead atoms. The number of pyridine rings is 1. The Morgan fingerprint density at radius 2 is 1.76 bits per heavy atom. The van der Waals surface area contributed by atoms with Gasteiger partial charge in [0, 0.05) is 37.6 Å². The van der Waals surface area contributed by atoms with Crippen LogP contribution in [0.25, 0.3) is 10.9 Å². The highest BCUT2D eigenvalue weighted by atomic mass is 32.1. The molecule has 0 amide bonds. The molecule has 0 unspecified atom stereocenters. The smallest absolute Gasteiger partial charge is 0.349 e. The molecule has 8 rings (SSSR count). The number of phenolic OH excluding ortho intramolecular Hbond substituents is 1. The molecule has 1 spiro atoms. The van der Waals surface area contributed by atoms with Crippen molar-refractivity contribution in [1.29, 1.82) is 0 Å². The number of carbonyl (C=O) groups excluding carboxylic acids is 1. The van der Waals surface area contributed by atoms with Crippen LogP contribution in [0.3, 0.4) is 0 Å². The number of hydrogen-bond donors (Lipinski definition) is 6. The number of hydrogen-bond acceptors (Lipinski definition) is 12. The quantitative estimate of drug-likeness (QED) is 0.0276. The van der Waals surface area contributed by atoms with E-state index in [2.05, 4.69) is 21.3 Å². The molecule has 55 heavy (non-hydrogen) atoms. The number of nitrogens with two attached hydrogens (primary N) is 2. The Hall–Kier alpha value is -4.24. The molecule has 11 nitrogen and oxygen atoms in total. The normalized spacial score (nSPS) is 17.1. The van der Waals surface area contributed by atoms with Gasteiger partial charge in [0.25, 0.3) is 0 Å². The molecule has 3 aliphatic rings. The summed E-state index contributed by atoms with van der Waals surface area (Å²) in [5.74, 6) is 6.22. The van der Waals surface area contributed by atoms with Crippen LogP contribution in [0.2, 0.25) is 0 Å². The first kappa shape index (κ1) is 37.7. The first-order chi connectivity index (χ1) is 26.6. The minimum absolute atomic E-state index is 0.0748. The topological polar surface area (TPSA) is 170 Å². The number of nitrogens with one attached hydrogen (secondary N) is 2. The fourth-order valence-corrected chi connectivity index (χ4v) is 10.9. The monoisotopic (exact) mass is 782 g/mol. The summed E-state index contributed by atoms with van der Waals surface area (Å²) >= 11 is 2.73. The number of aromatic amines is 1. The van der Waals surface area contributed by atoms with E-state index in [1.165, 1.54) is 45.4 Å². The summed E-state index contributed by atoms with van der Waals surface area (Å²) in [6, 6.07) is 16.2. The first-order valence-electron chi connectivity index (χ1n) is 19.4. The third-order valence-corrected chi connectivity index (χ3v) is 13.9. The summed E-state index contributed by atoms with van der Waals surface area (Å²) in [5.41, 5.74) is 12.1. The van der Waals surface area contributed by atoms with Crippen molar-refractivity contribution < 1.29 is 19.7 Å². The fraction of sp³-hybridized carbons (Fsp3) is 0.429. The molecule has 1 aliphatic heterocycles. The number of aromatic nitrogens is 1. The van der Waals surface area contributed by atoms with E-state index in [1.54, 1.807) is 24.3 Å². The minimum Gasteiger partial charge on any atom is -0.506 e. The van der Waals surface area contributed by atoms with Gasteiger partial charge < -0.3 is 40.9 Å². The number of aromatic hydroxyl groups is 1. The number of benzene rings is 2.